The third-order valence-electron chi connectivity index (χ3n) is 3.75. The van der Waals surface area contributed by atoms with Gasteiger partial charge in [0.25, 0.3) is 11.8 Å². The van der Waals surface area contributed by atoms with E-state index in [2.05, 4.69) is 15.6 Å². The normalized spacial score (nSPS) is 11.6. The van der Waals surface area contributed by atoms with Gasteiger partial charge in [0.15, 0.2) is 18.2 Å². The van der Waals surface area contributed by atoms with Crippen LogP contribution in [-0.4, -0.2) is 47.4 Å². The Bertz CT molecular complexity index is 877. The quantitative estimate of drug-likeness (QED) is 0.553. The summed E-state index contributed by atoms with van der Waals surface area (Å²) in [5.41, 5.74) is 0.563. The van der Waals surface area contributed by atoms with E-state index in [0.717, 1.165) is 0 Å². The van der Waals surface area contributed by atoms with E-state index in [-0.39, 0.29) is 16.6 Å². The zero-order valence-electron chi connectivity index (χ0n) is 15.7. The fourth-order valence-electron chi connectivity index (χ4n) is 2.17. The lowest BCUT2D eigenvalue weighted by Crippen LogP contribution is -2.43. The molecule has 0 saturated heterocycles. The van der Waals surface area contributed by atoms with Crippen molar-refractivity contribution in [1.82, 2.24) is 10.3 Å². The Morgan fingerprint density at radius 1 is 1.34 bits per heavy atom. The largest absolute Gasteiger partial charge is 0.459 e. The molecule has 0 unspecified atom stereocenters. The highest BCUT2D eigenvalue weighted by atomic mass is 35.5. The van der Waals surface area contributed by atoms with Crippen LogP contribution in [0, 0.1) is 6.92 Å². The topological polar surface area (TPSA) is 111 Å². The van der Waals surface area contributed by atoms with Crippen LogP contribution >= 0.6 is 35.0 Å². The van der Waals surface area contributed by atoms with Gasteiger partial charge in [0.05, 0.1) is 16.3 Å². The third-order valence-corrected chi connectivity index (χ3v) is 5.24. The molecule has 2 aromatic heterocycles. The second kappa shape index (κ2) is 11.1. The number of thioether (sulfide) groups is 1. The van der Waals surface area contributed by atoms with Crippen molar-refractivity contribution in [3.8, 4) is 0 Å². The van der Waals surface area contributed by atoms with E-state index in [9.17, 15) is 14.4 Å². The van der Waals surface area contributed by atoms with Gasteiger partial charge in [-0.2, -0.15) is 11.8 Å². The molecule has 2 N–H and O–H groups in total. The lowest BCUT2D eigenvalue weighted by atomic mass is 10.2. The Kier molecular flexibility index (Phi) is 8.81. The van der Waals surface area contributed by atoms with Crippen LogP contribution in [0.25, 0.3) is 0 Å². The van der Waals surface area contributed by atoms with Gasteiger partial charge in [-0.05, 0) is 43.0 Å². The van der Waals surface area contributed by atoms with Gasteiger partial charge in [-0.25, -0.2) is 9.78 Å². The molecule has 0 spiro atoms. The number of esters is 1. The van der Waals surface area contributed by atoms with E-state index in [1.807, 2.05) is 6.26 Å². The maximum atomic E-state index is 12.4. The number of aromatic nitrogens is 1. The minimum absolute atomic E-state index is 0.0727. The number of hydrogen-bond donors (Lipinski definition) is 2. The average molecular weight is 460 g/mol. The lowest BCUT2D eigenvalue weighted by Gasteiger charge is -2.16. The number of anilines is 1. The van der Waals surface area contributed by atoms with E-state index in [0.29, 0.717) is 22.8 Å². The number of amides is 2. The number of ether oxygens (including phenoxy) is 1. The molecule has 0 radical (unpaired) electrons. The number of hydrogen-bond acceptors (Lipinski definition) is 7. The molecule has 2 aromatic rings. The molecule has 2 amide bonds. The average Bonchev–Trinajstić information content (AvgIpc) is 3.24. The van der Waals surface area contributed by atoms with Gasteiger partial charge < -0.3 is 19.8 Å². The van der Waals surface area contributed by atoms with Crippen molar-refractivity contribution in [3.05, 3.63) is 46.0 Å². The van der Waals surface area contributed by atoms with Crippen molar-refractivity contribution in [1.29, 1.82) is 0 Å². The van der Waals surface area contributed by atoms with Gasteiger partial charge in [0.1, 0.15) is 6.04 Å². The predicted octanol–water partition coefficient (Wildman–Crippen LogP) is 3.32. The molecule has 2 heterocycles. The molecule has 29 heavy (non-hydrogen) atoms. The molecule has 1 atom stereocenters. The summed E-state index contributed by atoms with van der Waals surface area (Å²) >= 11 is 13.5. The highest BCUT2D eigenvalue weighted by Crippen LogP contribution is 2.28. The summed E-state index contributed by atoms with van der Waals surface area (Å²) in [7, 11) is 0. The predicted molar refractivity (Wildman–Crippen MR) is 112 cm³/mol. The molecule has 0 aliphatic rings. The van der Waals surface area contributed by atoms with Crippen molar-refractivity contribution >= 4 is 58.6 Å². The molecule has 0 fully saturated rings. The standard InChI is InChI=1S/C18H19Cl2N3O5S/c1-10-11(19)8-21-16(15(10)20)23-14(24)9-28-18(26)12(5-7-29-2)22-17(25)13-4-3-6-27-13/h3-4,6,8,12H,5,7,9H2,1-2H3,(H,22,25)(H,21,23,24)/t12-/m1/s1. The monoisotopic (exact) mass is 459 g/mol. The molecular formula is C18H19Cl2N3O5S. The van der Waals surface area contributed by atoms with E-state index < -0.39 is 30.4 Å². The summed E-state index contributed by atoms with van der Waals surface area (Å²) in [4.78, 5) is 40.5. The Morgan fingerprint density at radius 3 is 2.76 bits per heavy atom. The Hall–Kier alpha value is -2.23. The van der Waals surface area contributed by atoms with Gasteiger partial charge in [-0.3, -0.25) is 9.59 Å². The SMILES string of the molecule is CSCC[C@@H](NC(=O)c1ccco1)C(=O)OCC(=O)Nc1ncc(Cl)c(C)c1Cl. The van der Waals surface area contributed by atoms with Crippen LogP contribution in [0.15, 0.2) is 29.0 Å². The molecule has 0 bridgehead atoms. The molecule has 2 rings (SSSR count). The Morgan fingerprint density at radius 2 is 2.10 bits per heavy atom. The van der Waals surface area contributed by atoms with Crippen LogP contribution in [-0.2, 0) is 14.3 Å². The molecule has 0 aliphatic heterocycles. The van der Waals surface area contributed by atoms with Crippen molar-refractivity contribution in [2.24, 2.45) is 0 Å². The van der Waals surface area contributed by atoms with Crippen LogP contribution in [0.3, 0.4) is 0 Å². The second-order valence-electron chi connectivity index (χ2n) is 5.83. The molecule has 156 valence electrons. The summed E-state index contributed by atoms with van der Waals surface area (Å²) in [5, 5.41) is 5.56. The van der Waals surface area contributed by atoms with Gasteiger partial charge in [0, 0.05) is 6.20 Å². The molecule has 0 saturated carbocycles. The van der Waals surface area contributed by atoms with Gasteiger partial charge in [-0.15, -0.1) is 0 Å². The summed E-state index contributed by atoms with van der Waals surface area (Å²) in [5.74, 6) is -1.12. The number of carbonyl (C=O) groups is 3. The van der Waals surface area contributed by atoms with Crippen LogP contribution < -0.4 is 10.6 Å². The molecule has 0 aliphatic carbocycles. The van der Waals surface area contributed by atoms with Crippen LogP contribution in [0.2, 0.25) is 10.0 Å². The Balaban J connectivity index is 1.93. The first-order chi connectivity index (χ1) is 13.8. The fraction of sp³-hybridized carbons (Fsp3) is 0.333. The number of halogens is 2. The minimum atomic E-state index is -0.924. The highest BCUT2D eigenvalue weighted by Gasteiger charge is 2.24. The van der Waals surface area contributed by atoms with Gasteiger partial charge >= 0.3 is 5.97 Å². The molecule has 11 heteroatoms. The smallest absolute Gasteiger partial charge is 0.329 e. The zero-order valence-corrected chi connectivity index (χ0v) is 18.0. The summed E-state index contributed by atoms with van der Waals surface area (Å²) in [6, 6.07) is 2.11. The first-order valence-corrected chi connectivity index (χ1v) is 10.6. The van der Waals surface area contributed by atoms with E-state index >= 15 is 0 Å². The molecule has 0 aromatic carbocycles. The number of nitrogens with one attached hydrogen (secondary N) is 2. The Labute approximate surface area is 181 Å². The third kappa shape index (κ3) is 6.66. The number of carbonyl (C=O) groups excluding carboxylic acids is 3. The number of nitrogens with zero attached hydrogens (tertiary/aromatic N) is 1. The van der Waals surface area contributed by atoms with Gasteiger partial charge in [0.2, 0.25) is 0 Å². The van der Waals surface area contributed by atoms with E-state index in [1.54, 1.807) is 13.0 Å². The molecular weight excluding hydrogens is 441 g/mol. The van der Waals surface area contributed by atoms with E-state index in [4.69, 9.17) is 32.4 Å². The number of rotatable bonds is 9. The maximum absolute atomic E-state index is 12.4. The summed E-state index contributed by atoms with van der Waals surface area (Å²) in [6.45, 7) is 1.12. The van der Waals surface area contributed by atoms with E-state index in [1.165, 1.54) is 30.3 Å². The maximum Gasteiger partial charge on any atom is 0.329 e. The lowest BCUT2D eigenvalue weighted by molar-refractivity contribution is -0.149. The fourth-order valence-corrected chi connectivity index (χ4v) is 3.03. The number of pyridine rings is 1. The highest BCUT2D eigenvalue weighted by molar-refractivity contribution is 7.98. The van der Waals surface area contributed by atoms with Crippen molar-refractivity contribution in [2.45, 2.75) is 19.4 Å². The summed E-state index contributed by atoms with van der Waals surface area (Å²) in [6.07, 6.45) is 4.91. The van der Waals surface area contributed by atoms with Crippen molar-refractivity contribution in [2.75, 3.05) is 23.9 Å². The van der Waals surface area contributed by atoms with Crippen LogP contribution in [0.5, 0.6) is 0 Å². The first kappa shape index (κ1) is 23.1. The minimum Gasteiger partial charge on any atom is -0.459 e. The van der Waals surface area contributed by atoms with Crippen LogP contribution in [0.1, 0.15) is 22.5 Å². The van der Waals surface area contributed by atoms with Gasteiger partial charge in [-0.1, -0.05) is 23.2 Å². The van der Waals surface area contributed by atoms with Crippen molar-refractivity contribution in [3.63, 3.8) is 0 Å². The zero-order chi connectivity index (χ0) is 21.4. The number of furan rings is 1. The first-order valence-electron chi connectivity index (χ1n) is 8.43. The summed E-state index contributed by atoms with van der Waals surface area (Å²) < 4.78 is 10.1. The van der Waals surface area contributed by atoms with Crippen molar-refractivity contribution < 1.29 is 23.5 Å². The van der Waals surface area contributed by atoms with Crippen LogP contribution in [0.4, 0.5) is 5.82 Å². The molecule has 8 nitrogen and oxygen atoms in total. The second-order valence-corrected chi connectivity index (χ2v) is 7.61.